The Morgan fingerprint density at radius 3 is 1.67 bits per heavy atom. The molecule has 0 aliphatic carbocycles. The number of rotatable bonds is 2. The summed E-state index contributed by atoms with van der Waals surface area (Å²) in [4.78, 5) is 3.34. The molecule has 1 nitrogen and oxygen atoms in total. The third kappa shape index (κ3) is 4.55. The molecule has 0 bridgehead atoms. The molecular weight excluding hydrogens is 274 g/mol. The Balaban J connectivity index is 0.000000361. The fourth-order valence-corrected chi connectivity index (χ4v) is 2.89. The molecule has 0 N–H and O–H groups in total. The van der Waals surface area contributed by atoms with Crippen LogP contribution in [0.4, 0.5) is 0 Å². The molecule has 0 fully saturated rings. The lowest BCUT2D eigenvalue weighted by molar-refractivity contribution is 0.505. The normalized spacial score (nSPS) is 10.1. The van der Waals surface area contributed by atoms with Crippen LogP contribution in [0, 0.1) is 0 Å². The van der Waals surface area contributed by atoms with Crippen molar-refractivity contribution in [2.24, 2.45) is 0 Å². The van der Waals surface area contributed by atoms with Crippen molar-refractivity contribution in [3.63, 3.8) is 0 Å². The summed E-state index contributed by atoms with van der Waals surface area (Å²) in [6.45, 7) is 0. The minimum atomic E-state index is 1.28. The van der Waals surface area contributed by atoms with Gasteiger partial charge in [-0.3, -0.25) is 0 Å². The van der Waals surface area contributed by atoms with Crippen molar-refractivity contribution in [2.75, 3.05) is 21.1 Å². The summed E-state index contributed by atoms with van der Waals surface area (Å²) in [5.41, 5.74) is 3.90. The second-order valence-electron chi connectivity index (χ2n) is 5.24. The molecule has 0 saturated heterocycles. The van der Waals surface area contributed by atoms with Crippen LogP contribution in [-0.4, -0.2) is 26.0 Å². The summed E-state index contributed by atoms with van der Waals surface area (Å²) in [5.74, 6) is 0. The zero-order chi connectivity index (χ0) is 15.1. The van der Waals surface area contributed by atoms with Gasteiger partial charge in [-0.1, -0.05) is 60.7 Å². The van der Waals surface area contributed by atoms with Gasteiger partial charge in [0.05, 0.1) is 0 Å². The van der Waals surface area contributed by atoms with Gasteiger partial charge < -0.3 is 4.90 Å². The van der Waals surface area contributed by atoms with Crippen LogP contribution < -0.4 is 0 Å². The van der Waals surface area contributed by atoms with E-state index in [1.165, 1.54) is 21.6 Å². The van der Waals surface area contributed by atoms with E-state index in [-0.39, 0.29) is 0 Å². The molecule has 21 heavy (non-hydrogen) atoms. The molecule has 0 amide bonds. The summed E-state index contributed by atoms with van der Waals surface area (Å²) in [5, 5.41) is 2.16. The number of nitrogens with zero attached hydrogens (tertiary/aromatic N) is 1. The van der Waals surface area contributed by atoms with Crippen molar-refractivity contribution < 1.29 is 0 Å². The molecule has 3 aromatic rings. The van der Waals surface area contributed by atoms with E-state index >= 15 is 0 Å². The van der Waals surface area contributed by atoms with Crippen molar-refractivity contribution in [1.82, 2.24) is 4.90 Å². The lowest BCUT2D eigenvalue weighted by Gasteiger charge is -2.03. The molecule has 2 heteroatoms. The third-order valence-corrected chi connectivity index (χ3v) is 3.75. The Morgan fingerprint density at radius 1 is 0.667 bits per heavy atom. The lowest BCUT2D eigenvalue weighted by Crippen LogP contribution is -1.99. The quantitative estimate of drug-likeness (QED) is 0.623. The monoisotopic (exact) mass is 295 g/mol. The second kappa shape index (κ2) is 7.77. The molecule has 0 saturated carbocycles. The first-order valence-electron chi connectivity index (χ1n) is 6.97. The van der Waals surface area contributed by atoms with Crippen molar-refractivity contribution in [2.45, 2.75) is 0 Å². The smallest absolute Gasteiger partial charge is 0.0421 e. The zero-order valence-corrected chi connectivity index (χ0v) is 13.6. The number of benzene rings is 2. The molecular formula is C19H21NS. The molecule has 108 valence electrons. The van der Waals surface area contributed by atoms with Crippen LogP contribution in [0.2, 0.25) is 0 Å². The Labute approximate surface area is 131 Å². The van der Waals surface area contributed by atoms with Crippen molar-refractivity contribution in [3.05, 3.63) is 72.1 Å². The summed E-state index contributed by atoms with van der Waals surface area (Å²) >= 11 is 1.80. The van der Waals surface area contributed by atoms with Crippen LogP contribution in [0.3, 0.4) is 0 Å². The van der Waals surface area contributed by atoms with Gasteiger partial charge in [0.1, 0.15) is 0 Å². The Hall–Kier alpha value is -1.90. The maximum Gasteiger partial charge on any atom is 0.0421 e. The van der Waals surface area contributed by atoms with Crippen molar-refractivity contribution in [1.29, 1.82) is 0 Å². The van der Waals surface area contributed by atoms with Crippen molar-refractivity contribution in [3.8, 4) is 21.6 Å². The number of thiophene rings is 1. The highest BCUT2D eigenvalue weighted by Gasteiger charge is 2.07. The Kier molecular flexibility index (Phi) is 5.73. The SMILES string of the molecule is CN(C)C.c1ccc(-c2ccsc2-c2ccccc2)cc1. The van der Waals surface area contributed by atoms with Gasteiger partial charge in [-0.2, -0.15) is 0 Å². The van der Waals surface area contributed by atoms with Gasteiger partial charge >= 0.3 is 0 Å². The summed E-state index contributed by atoms with van der Waals surface area (Å²) in [7, 11) is 6.00. The fraction of sp³-hybridized carbons (Fsp3) is 0.158. The zero-order valence-electron chi connectivity index (χ0n) is 12.8. The molecule has 2 aromatic carbocycles. The van der Waals surface area contributed by atoms with E-state index in [1.807, 2.05) is 26.0 Å². The Morgan fingerprint density at radius 2 is 1.14 bits per heavy atom. The maximum absolute atomic E-state index is 2.20. The van der Waals surface area contributed by atoms with Crippen LogP contribution in [0.15, 0.2) is 72.1 Å². The third-order valence-electron chi connectivity index (χ3n) is 2.79. The van der Waals surface area contributed by atoms with E-state index < -0.39 is 0 Å². The average molecular weight is 295 g/mol. The summed E-state index contributed by atoms with van der Waals surface area (Å²) < 4.78 is 0. The van der Waals surface area contributed by atoms with Gasteiger partial charge in [0.25, 0.3) is 0 Å². The van der Waals surface area contributed by atoms with Gasteiger partial charge in [-0.15, -0.1) is 11.3 Å². The summed E-state index contributed by atoms with van der Waals surface area (Å²) in [6.07, 6.45) is 0. The van der Waals surface area contributed by atoms with Crippen LogP contribution in [0.5, 0.6) is 0 Å². The highest BCUT2D eigenvalue weighted by molar-refractivity contribution is 7.14. The molecule has 0 aliphatic heterocycles. The van der Waals surface area contributed by atoms with Gasteiger partial charge in [0.15, 0.2) is 0 Å². The molecule has 0 spiro atoms. The molecule has 1 heterocycles. The van der Waals surface area contributed by atoms with Crippen LogP contribution in [-0.2, 0) is 0 Å². The maximum atomic E-state index is 2.20. The highest BCUT2D eigenvalue weighted by Crippen LogP contribution is 2.36. The first-order chi connectivity index (χ1) is 10.2. The van der Waals surface area contributed by atoms with Crippen LogP contribution in [0.1, 0.15) is 0 Å². The fourth-order valence-electron chi connectivity index (χ4n) is 1.97. The average Bonchev–Trinajstić information content (AvgIpc) is 2.98. The molecule has 0 aliphatic rings. The van der Waals surface area contributed by atoms with Crippen LogP contribution >= 0.6 is 11.3 Å². The number of hydrogen-bond donors (Lipinski definition) is 0. The van der Waals surface area contributed by atoms with Gasteiger partial charge in [-0.05, 0) is 43.7 Å². The van der Waals surface area contributed by atoms with Gasteiger partial charge in [-0.25, -0.2) is 0 Å². The Bertz CT molecular complexity index is 585. The van der Waals surface area contributed by atoms with Gasteiger partial charge in [0.2, 0.25) is 0 Å². The van der Waals surface area contributed by atoms with E-state index in [9.17, 15) is 0 Å². The number of hydrogen-bond acceptors (Lipinski definition) is 2. The molecule has 3 rings (SSSR count). The largest absolute Gasteiger partial charge is 0.312 e. The molecule has 0 atom stereocenters. The molecule has 0 unspecified atom stereocenters. The van der Waals surface area contributed by atoms with Crippen molar-refractivity contribution >= 4 is 11.3 Å². The highest BCUT2D eigenvalue weighted by atomic mass is 32.1. The standard InChI is InChI=1S/C16H12S.C3H9N/c1-3-7-13(8-4-1)15-11-12-17-16(15)14-9-5-2-6-10-14;1-4(2)3/h1-12H;1-3H3. The topological polar surface area (TPSA) is 3.24 Å². The minimum Gasteiger partial charge on any atom is -0.312 e. The van der Waals surface area contributed by atoms with E-state index in [0.29, 0.717) is 0 Å². The lowest BCUT2D eigenvalue weighted by atomic mass is 10.0. The predicted octanol–water partition coefficient (Wildman–Crippen LogP) is 5.26. The molecule has 1 aromatic heterocycles. The van der Waals surface area contributed by atoms with E-state index in [2.05, 4.69) is 72.1 Å². The predicted molar refractivity (Wildman–Crippen MR) is 94.8 cm³/mol. The van der Waals surface area contributed by atoms with Crippen LogP contribution in [0.25, 0.3) is 21.6 Å². The van der Waals surface area contributed by atoms with E-state index in [0.717, 1.165) is 0 Å². The van der Waals surface area contributed by atoms with Gasteiger partial charge in [0, 0.05) is 10.4 Å². The van der Waals surface area contributed by atoms with E-state index in [4.69, 9.17) is 0 Å². The van der Waals surface area contributed by atoms with E-state index in [1.54, 1.807) is 11.3 Å². The summed E-state index contributed by atoms with van der Waals surface area (Å²) in [6, 6.07) is 23.3. The first kappa shape index (κ1) is 15.5. The minimum absolute atomic E-state index is 1.28. The first-order valence-corrected chi connectivity index (χ1v) is 7.85. The molecule has 0 radical (unpaired) electrons. The second-order valence-corrected chi connectivity index (χ2v) is 6.15.